The van der Waals surface area contributed by atoms with Gasteiger partial charge in [-0.25, -0.2) is 4.98 Å². The molecule has 1 rings (SSSR count). The Labute approximate surface area is 83.0 Å². The van der Waals surface area contributed by atoms with Crippen molar-refractivity contribution in [3.63, 3.8) is 0 Å². The van der Waals surface area contributed by atoms with Gasteiger partial charge >= 0.3 is 0 Å². The van der Waals surface area contributed by atoms with Gasteiger partial charge in [0, 0.05) is 17.5 Å². The Morgan fingerprint density at radius 3 is 3.00 bits per heavy atom. The molecule has 1 aromatic rings. The average Bonchev–Trinajstić information content (AvgIpc) is 2.57. The van der Waals surface area contributed by atoms with Crippen LogP contribution in [0.25, 0.3) is 0 Å². The normalized spacial score (nSPS) is 12.8. The first-order valence-corrected chi connectivity index (χ1v) is 5.53. The number of ketones is 1. The minimum atomic E-state index is 0.189. The molecule has 0 amide bonds. The fraction of sp³-hybridized carbons (Fsp3) is 0.600. The van der Waals surface area contributed by atoms with Crippen molar-refractivity contribution in [3.8, 4) is 0 Å². The molecular formula is C10H15NOS. The first kappa shape index (κ1) is 10.4. The molecule has 0 N–H and O–H groups in total. The third-order valence-corrected chi connectivity index (χ3v) is 2.86. The lowest BCUT2D eigenvalue weighted by molar-refractivity contribution is -0.121. The van der Waals surface area contributed by atoms with E-state index in [0.29, 0.717) is 12.2 Å². The number of nitrogens with zero attached hydrogens (tertiary/aromatic N) is 1. The summed E-state index contributed by atoms with van der Waals surface area (Å²) in [5.41, 5.74) is 0. The largest absolute Gasteiger partial charge is 0.299 e. The zero-order chi connectivity index (χ0) is 9.68. The van der Waals surface area contributed by atoms with Gasteiger partial charge in [-0.1, -0.05) is 20.3 Å². The number of carbonyl (C=O) groups is 1. The fourth-order valence-electron chi connectivity index (χ4n) is 1.26. The smallest absolute Gasteiger partial charge is 0.142 e. The van der Waals surface area contributed by atoms with Crippen LogP contribution in [-0.2, 0) is 11.2 Å². The Bertz CT molecular complexity index is 256. The summed E-state index contributed by atoms with van der Waals surface area (Å²) >= 11 is 1.55. The molecular weight excluding hydrogens is 182 g/mol. The van der Waals surface area contributed by atoms with Crippen molar-refractivity contribution < 1.29 is 4.79 Å². The summed E-state index contributed by atoms with van der Waals surface area (Å²) in [6.07, 6.45) is 4.32. The highest BCUT2D eigenvalue weighted by atomic mass is 32.1. The van der Waals surface area contributed by atoms with Gasteiger partial charge in [-0.2, -0.15) is 0 Å². The van der Waals surface area contributed by atoms with Gasteiger partial charge in [0.2, 0.25) is 0 Å². The standard InChI is InChI=1S/C10H15NOS/c1-3-4-8(2)9(12)7-10-11-5-6-13-10/h5-6,8H,3-4,7H2,1-2H3. The maximum atomic E-state index is 11.6. The zero-order valence-corrected chi connectivity index (χ0v) is 8.93. The molecule has 0 bridgehead atoms. The van der Waals surface area contributed by atoms with Crippen LogP contribution >= 0.6 is 11.3 Å². The van der Waals surface area contributed by atoms with Gasteiger partial charge in [0.1, 0.15) is 5.78 Å². The second-order valence-corrected chi connectivity index (χ2v) is 4.24. The quantitative estimate of drug-likeness (QED) is 0.726. The zero-order valence-electron chi connectivity index (χ0n) is 8.12. The highest BCUT2D eigenvalue weighted by Crippen LogP contribution is 2.12. The van der Waals surface area contributed by atoms with Crippen LogP contribution in [0.1, 0.15) is 31.7 Å². The second-order valence-electron chi connectivity index (χ2n) is 3.26. The Balaban J connectivity index is 2.41. The molecule has 0 aliphatic rings. The van der Waals surface area contributed by atoms with E-state index in [9.17, 15) is 4.79 Å². The van der Waals surface area contributed by atoms with Gasteiger partial charge in [-0.15, -0.1) is 11.3 Å². The van der Waals surface area contributed by atoms with E-state index in [-0.39, 0.29) is 5.92 Å². The molecule has 72 valence electrons. The van der Waals surface area contributed by atoms with Crippen molar-refractivity contribution >= 4 is 17.1 Å². The summed E-state index contributed by atoms with van der Waals surface area (Å²) in [6, 6.07) is 0. The van der Waals surface area contributed by atoms with Gasteiger partial charge in [-0.3, -0.25) is 4.79 Å². The number of Topliss-reactive ketones (excluding diaryl/α,β-unsaturated/α-hetero) is 1. The van der Waals surface area contributed by atoms with E-state index in [0.717, 1.165) is 17.8 Å². The summed E-state index contributed by atoms with van der Waals surface area (Å²) in [5, 5.41) is 2.85. The summed E-state index contributed by atoms with van der Waals surface area (Å²) in [5.74, 6) is 0.505. The van der Waals surface area contributed by atoms with Crippen LogP contribution in [0.15, 0.2) is 11.6 Å². The van der Waals surface area contributed by atoms with E-state index in [2.05, 4.69) is 11.9 Å². The van der Waals surface area contributed by atoms with Gasteiger partial charge in [0.05, 0.1) is 11.4 Å². The number of aromatic nitrogens is 1. The monoisotopic (exact) mass is 197 g/mol. The summed E-state index contributed by atoms with van der Waals surface area (Å²) in [4.78, 5) is 15.7. The molecule has 0 radical (unpaired) electrons. The van der Waals surface area contributed by atoms with Crippen molar-refractivity contribution in [2.75, 3.05) is 0 Å². The number of hydrogen-bond acceptors (Lipinski definition) is 3. The topological polar surface area (TPSA) is 30.0 Å². The van der Waals surface area contributed by atoms with Gasteiger partial charge in [-0.05, 0) is 6.42 Å². The first-order chi connectivity index (χ1) is 6.24. The molecule has 1 unspecified atom stereocenters. The summed E-state index contributed by atoms with van der Waals surface area (Å²) < 4.78 is 0. The molecule has 0 aliphatic heterocycles. The summed E-state index contributed by atoms with van der Waals surface area (Å²) in [6.45, 7) is 4.10. The predicted molar refractivity (Wildman–Crippen MR) is 54.9 cm³/mol. The molecule has 3 heteroatoms. The lowest BCUT2D eigenvalue weighted by atomic mass is 9.99. The van der Waals surface area contributed by atoms with Crippen LogP contribution in [0.2, 0.25) is 0 Å². The average molecular weight is 197 g/mol. The number of hydrogen-bond donors (Lipinski definition) is 0. The third-order valence-electron chi connectivity index (χ3n) is 2.08. The molecule has 0 aliphatic carbocycles. The Hall–Kier alpha value is -0.700. The van der Waals surface area contributed by atoms with Crippen LogP contribution in [0.5, 0.6) is 0 Å². The summed E-state index contributed by atoms with van der Waals surface area (Å²) in [7, 11) is 0. The Morgan fingerprint density at radius 2 is 2.46 bits per heavy atom. The van der Waals surface area contributed by atoms with E-state index >= 15 is 0 Å². The second kappa shape index (κ2) is 5.12. The Kier molecular flexibility index (Phi) is 4.09. The molecule has 1 heterocycles. The molecule has 0 fully saturated rings. The number of carbonyl (C=O) groups excluding carboxylic acids is 1. The van der Waals surface area contributed by atoms with Gasteiger partial charge in [0.25, 0.3) is 0 Å². The molecule has 0 spiro atoms. The van der Waals surface area contributed by atoms with Crippen molar-refractivity contribution in [2.24, 2.45) is 5.92 Å². The van der Waals surface area contributed by atoms with E-state index in [4.69, 9.17) is 0 Å². The molecule has 1 aromatic heterocycles. The van der Waals surface area contributed by atoms with Gasteiger partial charge < -0.3 is 0 Å². The van der Waals surface area contributed by atoms with Gasteiger partial charge in [0.15, 0.2) is 0 Å². The minimum absolute atomic E-state index is 0.189. The molecule has 0 saturated carbocycles. The molecule has 0 saturated heterocycles. The first-order valence-electron chi connectivity index (χ1n) is 4.65. The lowest BCUT2D eigenvalue weighted by Crippen LogP contribution is -2.13. The van der Waals surface area contributed by atoms with Crippen molar-refractivity contribution in [3.05, 3.63) is 16.6 Å². The van der Waals surface area contributed by atoms with Crippen molar-refractivity contribution in [2.45, 2.75) is 33.1 Å². The molecule has 13 heavy (non-hydrogen) atoms. The van der Waals surface area contributed by atoms with Crippen LogP contribution in [0.4, 0.5) is 0 Å². The lowest BCUT2D eigenvalue weighted by Gasteiger charge is -2.06. The van der Waals surface area contributed by atoms with E-state index in [1.807, 2.05) is 12.3 Å². The van der Waals surface area contributed by atoms with Crippen molar-refractivity contribution in [1.29, 1.82) is 0 Å². The fourth-order valence-corrected chi connectivity index (χ4v) is 1.88. The van der Waals surface area contributed by atoms with Crippen LogP contribution in [0.3, 0.4) is 0 Å². The van der Waals surface area contributed by atoms with Crippen molar-refractivity contribution in [1.82, 2.24) is 4.98 Å². The minimum Gasteiger partial charge on any atom is -0.299 e. The predicted octanol–water partition coefficient (Wildman–Crippen LogP) is 2.69. The van der Waals surface area contributed by atoms with E-state index < -0.39 is 0 Å². The maximum Gasteiger partial charge on any atom is 0.142 e. The third kappa shape index (κ3) is 3.27. The van der Waals surface area contributed by atoms with Crippen LogP contribution < -0.4 is 0 Å². The van der Waals surface area contributed by atoms with Crippen LogP contribution in [-0.4, -0.2) is 10.8 Å². The number of rotatable bonds is 5. The maximum absolute atomic E-state index is 11.6. The van der Waals surface area contributed by atoms with Crippen LogP contribution in [0, 0.1) is 5.92 Å². The molecule has 0 aromatic carbocycles. The highest BCUT2D eigenvalue weighted by molar-refractivity contribution is 7.09. The van der Waals surface area contributed by atoms with E-state index in [1.165, 1.54) is 0 Å². The van der Waals surface area contributed by atoms with E-state index in [1.54, 1.807) is 17.5 Å². The Morgan fingerprint density at radius 1 is 1.69 bits per heavy atom. The molecule has 1 atom stereocenters. The number of thiazole rings is 1. The SMILES string of the molecule is CCCC(C)C(=O)Cc1nccs1. The molecule has 2 nitrogen and oxygen atoms in total. The highest BCUT2D eigenvalue weighted by Gasteiger charge is 2.13.